The van der Waals surface area contributed by atoms with Crippen molar-refractivity contribution >= 4 is 39.8 Å². The number of halogens is 1. The standard InChI is InChI=1S/C27H32ClN7O2/c1-33-8-10-35(11-9-33)12-13-37-24-15-25(36-3)22(14-21(24)29)31-27-30-16-20(28)26(32-27)19-17-34(2)23-7-5-4-6-18(19)23/h4-7,14-17H,8-13,29H2,1-3H3,(H,30,31,32). The van der Waals surface area contributed by atoms with E-state index < -0.39 is 0 Å². The fourth-order valence-electron chi connectivity index (χ4n) is 4.59. The molecule has 0 atom stereocenters. The number of ether oxygens (including phenoxy) is 2. The van der Waals surface area contributed by atoms with Gasteiger partial charge >= 0.3 is 0 Å². The van der Waals surface area contributed by atoms with Gasteiger partial charge in [0.15, 0.2) is 0 Å². The van der Waals surface area contributed by atoms with Gasteiger partial charge in [-0.3, -0.25) is 4.90 Å². The predicted octanol–water partition coefficient (Wildman–Crippen LogP) is 4.25. The van der Waals surface area contributed by atoms with E-state index in [-0.39, 0.29) is 0 Å². The van der Waals surface area contributed by atoms with Gasteiger partial charge in [-0.2, -0.15) is 0 Å². The minimum Gasteiger partial charge on any atom is -0.494 e. The Bertz CT molecular complexity index is 1400. The van der Waals surface area contributed by atoms with E-state index in [4.69, 9.17) is 31.8 Å². The Morgan fingerprint density at radius 2 is 1.86 bits per heavy atom. The molecule has 0 radical (unpaired) electrons. The Morgan fingerprint density at radius 1 is 1.08 bits per heavy atom. The van der Waals surface area contributed by atoms with Gasteiger partial charge in [0.2, 0.25) is 5.95 Å². The van der Waals surface area contributed by atoms with Crippen LogP contribution in [0.1, 0.15) is 0 Å². The van der Waals surface area contributed by atoms with Gasteiger partial charge in [0.25, 0.3) is 0 Å². The topological polar surface area (TPSA) is 93.7 Å². The number of aryl methyl sites for hydroxylation is 1. The summed E-state index contributed by atoms with van der Waals surface area (Å²) in [7, 11) is 5.76. The van der Waals surface area contributed by atoms with E-state index in [9.17, 15) is 0 Å². The van der Waals surface area contributed by atoms with E-state index in [1.54, 1.807) is 25.4 Å². The number of benzene rings is 2. The molecule has 0 saturated carbocycles. The number of nitrogens with one attached hydrogen (secondary N) is 1. The van der Waals surface area contributed by atoms with Gasteiger partial charge in [0.05, 0.1) is 35.4 Å². The molecule has 5 rings (SSSR count). The average molecular weight is 522 g/mol. The molecular weight excluding hydrogens is 490 g/mol. The lowest BCUT2D eigenvalue weighted by Crippen LogP contribution is -2.45. The highest BCUT2D eigenvalue weighted by Crippen LogP contribution is 2.37. The van der Waals surface area contributed by atoms with Crippen molar-refractivity contribution in [2.45, 2.75) is 0 Å². The third-order valence-corrected chi connectivity index (χ3v) is 7.01. The lowest BCUT2D eigenvalue weighted by Gasteiger charge is -2.32. The number of nitrogens with two attached hydrogens (primary N) is 1. The van der Waals surface area contributed by atoms with E-state index >= 15 is 0 Å². The zero-order valence-corrected chi connectivity index (χ0v) is 22.1. The van der Waals surface area contributed by atoms with Crippen molar-refractivity contribution in [1.29, 1.82) is 0 Å². The molecule has 0 unspecified atom stereocenters. The first kappa shape index (κ1) is 25.1. The molecule has 3 heterocycles. The zero-order chi connectivity index (χ0) is 25.9. The Labute approximate surface area is 221 Å². The normalized spacial score (nSPS) is 14.7. The fourth-order valence-corrected chi connectivity index (χ4v) is 4.79. The molecule has 0 spiro atoms. The quantitative estimate of drug-likeness (QED) is 0.332. The van der Waals surface area contributed by atoms with Crippen LogP contribution in [0.3, 0.4) is 0 Å². The van der Waals surface area contributed by atoms with E-state index in [1.807, 2.05) is 25.4 Å². The number of likely N-dealkylation sites (N-methyl/N-ethyl adjacent to an activating group) is 1. The number of aromatic nitrogens is 3. The van der Waals surface area contributed by atoms with Crippen LogP contribution in [-0.4, -0.2) is 77.8 Å². The van der Waals surface area contributed by atoms with Crippen LogP contribution in [0.5, 0.6) is 11.5 Å². The first-order chi connectivity index (χ1) is 17.9. The van der Waals surface area contributed by atoms with Crippen LogP contribution in [0.4, 0.5) is 17.3 Å². The summed E-state index contributed by atoms with van der Waals surface area (Å²) in [5, 5.41) is 4.77. The minimum absolute atomic E-state index is 0.383. The van der Waals surface area contributed by atoms with E-state index in [1.165, 1.54) is 0 Å². The van der Waals surface area contributed by atoms with Crippen molar-refractivity contribution in [2.24, 2.45) is 7.05 Å². The molecule has 1 fully saturated rings. The highest BCUT2D eigenvalue weighted by Gasteiger charge is 2.17. The van der Waals surface area contributed by atoms with Gasteiger partial charge < -0.3 is 30.0 Å². The molecule has 1 aliphatic rings. The SMILES string of the molecule is COc1cc(OCCN2CCN(C)CC2)c(N)cc1Nc1ncc(Cl)c(-c2cn(C)c3ccccc23)n1. The second kappa shape index (κ2) is 10.8. The molecule has 37 heavy (non-hydrogen) atoms. The molecule has 4 aromatic rings. The summed E-state index contributed by atoms with van der Waals surface area (Å²) in [5.41, 5.74) is 10.2. The molecule has 9 nitrogen and oxygen atoms in total. The number of nitrogens with zero attached hydrogens (tertiary/aromatic N) is 5. The first-order valence-electron chi connectivity index (χ1n) is 12.3. The number of hydrogen-bond donors (Lipinski definition) is 2. The summed E-state index contributed by atoms with van der Waals surface area (Å²) in [6.07, 6.45) is 3.62. The number of hydrogen-bond acceptors (Lipinski definition) is 8. The molecule has 194 valence electrons. The second-order valence-electron chi connectivity index (χ2n) is 9.27. The van der Waals surface area contributed by atoms with Gasteiger partial charge in [-0.1, -0.05) is 29.8 Å². The van der Waals surface area contributed by atoms with Crippen LogP contribution >= 0.6 is 11.6 Å². The molecular formula is C27H32ClN7O2. The molecule has 1 saturated heterocycles. The summed E-state index contributed by atoms with van der Waals surface area (Å²) >= 11 is 6.53. The van der Waals surface area contributed by atoms with Gasteiger partial charge in [0.1, 0.15) is 18.1 Å². The van der Waals surface area contributed by atoms with Crippen molar-refractivity contribution < 1.29 is 9.47 Å². The Morgan fingerprint density at radius 3 is 2.65 bits per heavy atom. The summed E-state index contributed by atoms with van der Waals surface area (Å²) in [5.74, 6) is 1.55. The lowest BCUT2D eigenvalue weighted by atomic mass is 10.1. The fraction of sp³-hybridized carbons (Fsp3) is 0.333. The maximum absolute atomic E-state index is 6.53. The first-order valence-corrected chi connectivity index (χ1v) is 12.7. The van der Waals surface area contributed by atoms with Gasteiger partial charge in [-0.05, 0) is 19.2 Å². The molecule has 0 bridgehead atoms. The van der Waals surface area contributed by atoms with Crippen molar-refractivity contribution in [2.75, 3.05) is 64.5 Å². The maximum Gasteiger partial charge on any atom is 0.227 e. The van der Waals surface area contributed by atoms with Crippen LogP contribution < -0.4 is 20.5 Å². The van der Waals surface area contributed by atoms with Crippen LogP contribution in [0.2, 0.25) is 5.02 Å². The monoisotopic (exact) mass is 521 g/mol. The van der Waals surface area contributed by atoms with Crippen molar-refractivity contribution in [1.82, 2.24) is 24.3 Å². The Hall–Kier alpha value is -3.53. The molecule has 0 amide bonds. The number of rotatable bonds is 8. The van der Waals surface area contributed by atoms with Crippen LogP contribution in [-0.2, 0) is 7.05 Å². The number of fused-ring (bicyclic) bond motifs is 1. The smallest absolute Gasteiger partial charge is 0.227 e. The average Bonchev–Trinajstić information content (AvgIpc) is 3.24. The Kier molecular flexibility index (Phi) is 7.36. The van der Waals surface area contributed by atoms with E-state index in [2.05, 4.69) is 43.8 Å². The van der Waals surface area contributed by atoms with Gasteiger partial charge in [0, 0.05) is 68.5 Å². The summed E-state index contributed by atoms with van der Waals surface area (Å²) < 4.78 is 13.7. The Balaban J connectivity index is 1.34. The summed E-state index contributed by atoms with van der Waals surface area (Å²) in [6.45, 7) is 5.65. The van der Waals surface area contributed by atoms with Crippen molar-refractivity contribution in [3.8, 4) is 22.8 Å². The van der Waals surface area contributed by atoms with Crippen LogP contribution in [0.15, 0.2) is 48.8 Å². The van der Waals surface area contributed by atoms with Crippen molar-refractivity contribution in [3.63, 3.8) is 0 Å². The third-order valence-electron chi connectivity index (χ3n) is 6.74. The van der Waals surface area contributed by atoms with Crippen LogP contribution in [0, 0.1) is 0 Å². The third kappa shape index (κ3) is 5.44. The molecule has 2 aromatic carbocycles. The number of piperazine rings is 1. The number of para-hydroxylation sites is 1. The highest BCUT2D eigenvalue weighted by atomic mass is 35.5. The molecule has 10 heteroatoms. The van der Waals surface area contributed by atoms with E-state index in [0.29, 0.717) is 46.1 Å². The molecule has 3 N–H and O–H groups in total. The summed E-state index contributed by atoms with van der Waals surface area (Å²) in [6, 6.07) is 11.7. The van der Waals surface area contributed by atoms with Gasteiger partial charge in [-0.15, -0.1) is 0 Å². The number of nitrogen functional groups attached to an aromatic ring is 1. The number of methoxy groups -OCH3 is 1. The number of anilines is 3. The second-order valence-corrected chi connectivity index (χ2v) is 9.68. The zero-order valence-electron chi connectivity index (χ0n) is 21.4. The van der Waals surface area contributed by atoms with Gasteiger partial charge in [-0.25, -0.2) is 9.97 Å². The minimum atomic E-state index is 0.383. The lowest BCUT2D eigenvalue weighted by molar-refractivity contribution is 0.134. The summed E-state index contributed by atoms with van der Waals surface area (Å²) in [4.78, 5) is 13.8. The molecule has 1 aliphatic heterocycles. The molecule has 2 aromatic heterocycles. The highest BCUT2D eigenvalue weighted by molar-refractivity contribution is 6.33. The largest absolute Gasteiger partial charge is 0.494 e. The van der Waals surface area contributed by atoms with E-state index in [0.717, 1.165) is 49.2 Å². The maximum atomic E-state index is 6.53. The van der Waals surface area contributed by atoms with Crippen molar-refractivity contribution in [3.05, 3.63) is 53.8 Å². The predicted molar refractivity (Wildman–Crippen MR) is 149 cm³/mol. The van der Waals surface area contributed by atoms with Crippen LogP contribution in [0.25, 0.3) is 22.2 Å². The molecule has 0 aliphatic carbocycles.